The van der Waals surface area contributed by atoms with Crippen molar-refractivity contribution in [1.82, 2.24) is 45.3 Å². The summed E-state index contributed by atoms with van der Waals surface area (Å²) in [6.07, 6.45) is 11.8. The van der Waals surface area contributed by atoms with Crippen LogP contribution in [0, 0.1) is 24.7 Å². The lowest BCUT2D eigenvalue weighted by atomic mass is 9.84. The highest BCUT2D eigenvalue weighted by atomic mass is 32.1. The van der Waals surface area contributed by atoms with Crippen LogP contribution < -0.4 is 20.9 Å². The molecule has 19 heteroatoms. The first-order valence-electron chi connectivity index (χ1n) is 30.3. The number of para-hydroxylation sites is 1. The summed E-state index contributed by atoms with van der Waals surface area (Å²) in [6, 6.07) is 20.0. The third-order valence-corrected chi connectivity index (χ3v) is 20.4. The maximum atomic E-state index is 14.4. The quantitative estimate of drug-likeness (QED) is 0.0703. The predicted molar refractivity (Wildman–Crippen MR) is 315 cm³/mol. The number of piperidine rings is 3. The zero-order valence-electron chi connectivity index (χ0n) is 47.8. The van der Waals surface area contributed by atoms with Crippen molar-refractivity contribution in [3.63, 3.8) is 0 Å². The second-order valence-electron chi connectivity index (χ2n) is 25.1. The number of nitrogen functional groups attached to an aromatic ring is 1. The smallest absolute Gasteiger partial charge is 0.243 e. The van der Waals surface area contributed by atoms with Gasteiger partial charge in [0, 0.05) is 95.1 Å². The second-order valence-corrected chi connectivity index (χ2v) is 26.0. The number of aromatic nitrogens is 4. The highest BCUT2D eigenvalue weighted by molar-refractivity contribution is 7.13. The number of aliphatic hydroxyl groups is 1. The number of aryl methyl sites for hydroxylation is 1. The Bertz CT molecular complexity index is 2930. The highest BCUT2D eigenvalue weighted by Gasteiger charge is 2.45. The molecule has 7 fully saturated rings. The van der Waals surface area contributed by atoms with Gasteiger partial charge in [0.25, 0.3) is 0 Å². The number of fused-ring (bicyclic) bond motifs is 2. The molecule has 6 atom stereocenters. The monoisotopic (exact) mass is 1120 g/mol. The van der Waals surface area contributed by atoms with E-state index in [0.29, 0.717) is 59.1 Å². The number of nitrogens with one attached hydrogen (secondary N) is 1. The fourth-order valence-corrected chi connectivity index (χ4v) is 15.4. The van der Waals surface area contributed by atoms with Gasteiger partial charge in [0.15, 0.2) is 17.4 Å². The first-order chi connectivity index (χ1) is 39.3. The molecule has 9 heterocycles. The van der Waals surface area contributed by atoms with E-state index in [1.54, 1.807) is 22.3 Å². The van der Waals surface area contributed by atoms with Crippen LogP contribution >= 0.6 is 11.3 Å². The third kappa shape index (κ3) is 12.2. The number of thiazole rings is 1. The molecule has 1 saturated carbocycles. The van der Waals surface area contributed by atoms with Crippen LogP contribution in [0.25, 0.3) is 21.7 Å². The molecule has 5 aromatic rings. The number of carbonyl (C=O) groups excluding carboxylic acids is 2. The zero-order valence-corrected chi connectivity index (χ0v) is 48.6. The van der Waals surface area contributed by atoms with Gasteiger partial charge in [-0.3, -0.25) is 14.5 Å². The largest absolute Gasteiger partial charge is 0.507 e. The van der Waals surface area contributed by atoms with Gasteiger partial charge in [-0.1, -0.05) is 55.4 Å². The molecular weight excluding hydrogens is 1040 g/mol. The SMILES string of the molecule is Cc1ncsc1-c1ccc([C@H](C)NC(=O)[C@@H]2C[C@@H](O)CN2C(=O)[C@@H](c2cc(N3CCC(CN4CCC(O[C@H]5C[C@H](N6CCC(CN7C8CCC7CN(c7cc(-c9ccccc9O)nnc7N)C8)CC6)C5)CC4)CC3)no2)C(C)C)cc1. The highest BCUT2D eigenvalue weighted by Crippen LogP contribution is 2.40. The number of ether oxygens (including phenoxy) is 1. The lowest BCUT2D eigenvalue weighted by Gasteiger charge is -2.48. The molecule has 7 aliphatic rings. The predicted octanol–water partition coefficient (Wildman–Crippen LogP) is 7.72. The summed E-state index contributed by atoms with van der Waals surface area (Å²) < 4.78 is 12.7. The number of anilines is 3. The standard InChI is InChI=1S/C62H84N12O6S/c1-38(2)58(62(78)74-36-48(75)29-54(74)61(77)65-39(3)43-9-11-44(12-10-43)59-40(4)64-37-81-59)56-31-57(68-80-56)71-25-17-41(18-26-71)32-69-21-19-49(20-22-69)79-50-27-47(28-50)70-23-15-42(16-24-70)33-73-45-13-14-46(73)35-72(34-45)53-30-52(66-67-60(53)63)51-7-5-6-8-55(51)76/h5-12,30-31,37-39,41-42,45-50,54,58,75-76H,13-29,32-36H2,1-4H3,(H2,63,67)(H,65,77)/t39-,45?,46?,47-,48+,50-,54-,58+/m0/s1. The Labute approximate surface area is 481 Å². The molecule has 18 nitrogen and oxygen atoms in total. The summed E-state index contributed by atoms with van der Waals surface area (Å²) in [5.41, 5.74) is 13.5. The Morgan fingerprint density at radius 1 is 0.802 bits per heavy atom. The van der Waals surface area contributed by atoms with Gasteiger partial charge in [-0.25, -0.2) is 4.98 Å². The van der Waals surface area contributed by atoms with Crippen LogP contribution in [0.4, 0.5) is 17.3 Å². The number of aliphatic hydroxyl groups excluding tert-OH is 1. The summed E-state index contributed by atoms with van der Waals surface area (Å²) in [5.74, 6) is 2.01. The first kappa shape index (κ1) is 55.8. The zero-order chi connectivity index (χ0) is 55.9. The van der Waals surface area contributed by atoms with Crippen LogP contribution in [0.3, 0.4) is 0 Å². The number of hydrogen-bond acceptors (Lipinski definition) is 17. The van der Waals surface area contributed by atoms with Crippen molar-refractivity contribution in [2.75, 3.05) is 87.5 Å². The first-order valence-corrected chi connectivity index (χ1v) is 31.2. The van der Waals surface area contributed by atoms with Crippen molar-refractivity contribution in [2.45, 2.75) is 153 Å². The Kier molecular flexibility index (Phi) is 16.7. The lowest BCUT2D eigenvalue weighted by molar-refractivity contribution is -0.141. The van der Waals surface area contributed by atoms with Crippen LogP contribution in [0.5, 0.6) is 5.75 Å². The Balaban J connectivity index is 0.541. The summed E-state index contributed by atoms with van der Waals surface area (Å²) in [7, 11) is 0. The molecule has 6 aliphatic heterocycles. The van der Waals surface area contributed by atoms with Gasteiger partial charge >= 0.3 is 0 Å². The lowest BCUT2D eigenvalue weighted by Crippen LogP contribution is -2.56. The van der Waals surface area contributed by atoms with Crippen LogP contribution in [0.1, 0.15) is 120 Å². The van der Waals surface area contributed by atoms with E-state index in [0.717, 1.165) is 111 Å². The number of rotatable bonds is 17. The van der Waals surface area contributed by atoms with Gasteiger partial charge in [-0.05, 0) is 138 Å². The van der Waals surface area contributed by atoms with Crippen molar-refractivity contribution in [2.24, 2.45) is 17.8 Å². The molecule has 3 aromatic heterocycles. The molecule has 434 valence electrons. The molecule has 0 spiro atoms. The van der Waals surface area contributed by atoms with E-state index in [-0.39, 0.29) is 42.5 Å². The number of nitrogens with zero attached hydrogens (tertiary/aromatic N) is 10. The average molecular weight is 1130 g/mol. The molecule has 2 unspecified atom stereocenters. The topological polar surface area (TPSA) is 206 Å². The molecule has 2 aromatic carbocycles. The molecule has 6 saturated heterocycles. The molecule has 12 rings (SSSR count). The van der Waals surface area contributed by atoms with Gasteiger partial charge in [0.05, 0.1) is 51.8 Å². The number of nitrogens with two attached hydrogens (primary N) is 1. The maximum absolute atomic E-state index is 14.4. The molecular formula is C62H84N12O6S. The summed E-state index contributed by atoms with van der Waals surface area (Å²) in [4.78, 5) is 48.2. The Morgan fingerprint density at radius 2 is 1.51 bits per heavy atom. The molecule has 1 aliphatic carbocycles. The van der Waals surface area contributed by atoms with Gasteiger partial charge in [-0.15, -0.1) is 21.5 Å². The van der Waals surface area contributed by atoms with Gasteiger partial charge in [-0.2, -0.15) is 0 Å². The number of phenolic OH excluding ortho intramolecular Hbond substituents is 1. The van der Waals surface area contributed by atoms with E-state index in [4.69, 9.17) is 15.0 Å². The molecule has 2 amide bonds. The fraction of sp³-hybridized carbons (Fsp3) is 0.613. The van der Waals surface area contributed by atoms with Crippen LogP contribution in [0.15, 0.2) is 70.7 Å². The number of aromatic hydroxyl groups is 1. The normalized spacial score (nSPS) is 26.3. The molecule has 5 N–H and O–H groups in total. The maximum Gasteiger partial charge on any atom is 0.243 e. The Morgan fingerprint density at radius 3 is 2.20 bits per heavy atom. The minimum atomic E-state index is -0.793. The van der Waals surface area contributed by atoms with Crippen LogP contribution in [-0.4, -0.2) is 176 Å². The molecule has 81 heavy (non-hydrogen) atoms. The van der Waals surface area contributed by atoms with E-state index in [2.05, 4.69) is 62.3 Å². The number of β-amino-alcohol motifs (C(OH)–C–C–N with tert-alkyl or cyclic N) is 1. The summed E-state index contributed by atoms with van der Waals surface area (Å²) in [5, 5.41) is 37.5. The number of likely N-dealkylation sites (tertiary alicyclic amines) is 3. The number of benzene rings is 2. The van der Waals surface area contributed by atoms with Gasteiger partial charge in [0.1, 0.15) is 17.7 Å². The summed E-state index contributed by atoms with van der Waals surface area (Å²) in [6.45, 7) is 18.6. The van der Waals surface area contributed by atoms with Crippen molar-refractivity contribution in [1.29, 1.82) is 0 Å². The number of hydrogen-bond donors (Lipinski definition) is 4. The number of piperazine rings is 1. The van der Waals surface area contributed by atoms with E-state index < -0.39 is 18.1 Å². The van der Waals surface area contributed by atoms with Crippen molar-refractivity contribution >= 4 is 40.5 Å². The van der Waals surface area contributed by atoms with Gasteiger partial charge < -0.3 is 55.0 Å². The number of carbonyl (C=O) groups is 2. The average Bonchev–Trinajstić information content (AvgIpc) is 4.33. The van der Waals surface area contributed by atoms with Crippen LogP contribution in [0.2, 0.25) is 0 Å². The van der Waals surface area contributed by atoms with Crippen molar-refractivity contribution in [3.05, 3.63) is 83.2 Å². The van der Waals surface area contributed by atoms with E-state index in [1.165, 1.54) is 58.2 Å². The second kappa shape index (κ2) is 24.3. The minimum Gasteiger partial charge on any atom is -0.507 e. The fourth-order valence-electron chi connectivity index (χ4n) is 14.6. The number of amides is 2. The van der Waals surface area contributed by atoms with Crippen molar-refractivity contribution < 1.29 is 29.1 Å². The Hall–Kier alpha value is -5.70. The molecule has 0 radical (unpaired) electrons. The van der Waals surface area contributed by atoms with E-state index in [1.807, 2.05) is 75.7 Å². The number of phenols is 1. The minimum absolute atomic E-state index is 0.0950. The van der Waals surface area contributed by atoms with Gasteiger partial charge in [0.2, 0.25) is 11.8 Å². The summed E-state index contributed by atoms with van der Waals surface area (Å²) >= 11 is 1.61. The van der Waals surface area contributed by atoms with E-state index in [9.17, 15) is 19.8 Å². The van der Waals surface area contributed by atoms with Crippen molar-refractivity contribution in [3.8, 4) is 27.4 Å². The molecule has 2 bridgehead atoms. The van der Waals surface area contributed by atoms with E-state index >= 15 is 0 Å². The van der Waals surface area contributed by atoms with Crippen LogP contribution in [-0.2, 0) is 14.3 Å². The third-order valence-electron chi connectivity index (χ3n) is 19.4.